The van der Waals surface area contributed by atoms with Crippen molar-refractivity contribution in [3.8, 4) is 5.69 Å². The lowest BCUT2D eigenvalue weighted by atomic mass is 9.84. The number of carbonyl (C=O) groups is 1. The first-order chi connectivity index (χ1) is 17.1. The van der Waals surface area contributed by atoms with Gasteiger partial charge in [0.25, 0.3) is 5.91 Å². The molecule has 186 valence electrons. The highest BCUT2D eigenvalue weighted by atomic mass is 35.5. The van der Waals surface area contributed by atoms with Gasteiger partial charge in [-0.25, -0.2) is 4.68 Å². The zero-order valence-electron chi connectivity index (χ0n) is 19.7. The molecule has 0 aliphatic carbocycles. The molecule has 7 nitrogen and oxygen atoms in total. The second-order valence-electron chi connectivity index (χ2n) is 8.90. The average Bonchev–Trinajstić information content (AvgIpc) is 3.42. The molecule has 0 radical (unpaired) electrons. The van der Waals surface area contributed by atoms with Gasteiger partial charge in [-0.3, -0.25) is 9.48 Å². The Kier molecular flexibility index (Phi) is 5.86. The number of rotatable bonds is 3. The van der Waals surface area contributed by atoms with Gasteiger partial charge in [-0.05, 0) is 42.7 Å². The number of hydrogen-bond donors (Lipinski definition) is 0. The molecule has 1 aliphatic rings. The third-order valence-electron chi connectivity index (χ3n) is 6.60. The summed E-state index contributed by atoms with van der Waals surface area (Å²) < 4.78 is 45.2. The lowest BCUT2D eigenvalue weighted by Gasteiger charge is -2.34. The Morgan fingerprint density at radius 2 is 1.86 bits per heavy atom. The molecule has 36 heavy (non-hydrogen) atoms. The highest BCUT2D eigenvalue weighted by Crippen LogP contribution is 2.38. The Bertz CT molecular complexity index is 1470. The maximum Gasteiger partial charge on any atom is 0.435 e. The van der Waals surface area contributed by atoms with Crippen LogP contribution in [0.15, 0.2) is 48.7 Å². The number of amides is 1. The normalized spacial score (nSPS) is 15.8. The van der Waals surface area contributed by atoms with Crippen molar-refractivity contribution in [3.63, 3.8) is 0 Å². The molecule has 2 aromatic heterocycles. The van der Waals surface area contributed by atoms with Crippen LogP contribution in [0.4, 0.5) is 13.2 Å². The minimum absolute atomic E-state index is 0.00556. The summed E-state index contributed by atoms with van der Waals surface area (Å²) in [6.45, 7) is 4.02. The first-order valence-electron chi connectivity index (χ1n) is 11.2. The first-order valence-corrected chi connectivity index (χ1v) is 11.6. The summed E-state index contributed by atoms with van der Waals surface area (Å²) >= 11 is 6.22. The van der Waals surface area contributed by atoms with Gasteiger partial charge in [0.2, 0.25) is 0 Å². The van der Waals surface area contributed by atoms with Gasteiger partial charge >= 0.3 is 6.18 Å². The number of carbonyl (C=O) groups excluding carboxylic acids is 1. The number of hydrogen-bond acceptors (Lipinski definition) is 4. The lowest BCUT2D eigenvalue weighted by Crippen LogP contribution is -2.39. The van der Waals surface area contributed by atoms with Gasteiger partial charge in [0.15, 0.2) is 11.4 Å². The van der Waals surface area contributed by atoms with Gasteiger partial charge in [-0.15, -0.1) is 5.10 Å². The van der Waals surface area contributed by atoms with Crippen molar-refractivity contribution in [1.82, 2.24) is 29.7 Å². The molecule has 1 aliphatic heterocycles. The molecule has 1 atom stereocenters. The van der Waals surface area contributed by atoms with E-state index in [1.165, 1.54) is 17.0 Å². The summed E-state index contributed by atoms with van der Waals surface area (Å²) in [6.07, 6.45) is -3.16. The fraction of sp³-hybridized carbons (Fsp3) is 0.280. The van der Waals surface area contributed by atoms with Crippen LogP contribution in [-0.2, 0) is 19.8 Å². The molecule has 2 aromatic carbocycles. The van der Waals surface area contributed by atoms with Crippen LogP contribution in [-0.4, -0.2) is 42.1 Å². The van der Waals surface area contributed by atoms with E-state index < -0.39 is 23.5 Å². The Hall–Kier alpha value is -3.66. The van der Waals surface area contributed by atoms with Crippen LogP contribution in [0.2, 0.25) is 5.02 Å². The summed E-state index contributed by atoms with van der Waals surface area (Å²) in [7, 11) is 1.82. The molecule has 3 heterocycles. The van der Waals surface area contributed by atoms with Crippen molar-refractivity contribution in [2.45, 2.75) is 32.5 Å². The zero-order valence-corrected chi connectivity index (χ0v) is 20.5. The highest BCUT2D eigenvalue weighted by molar-refractivity contribution is 6.32. The standard InChI is InChI=1S/C25H22ClF3N6O/c1-14-8-9-21(20(26)10-14)35-23(25(27,28)29)22(31-32-35)24(36)34-12-16-6-4-5-7-17(16)19(13-34)18-11-30-33(3)15(18)2/h4-11,19H,12-13H2,1-3H3. The molecule has 1 amide bonds. The van der Waals surface area contributed by atoms with Gasteiger partial charge < -0.3 is 4.90 Å². The zero-order chi connectivity index (χ0) is 25.8. The van der Waals surface area contributed by atoms with E-state index in [4.69, 9.17) is 11.6 Å². The molecule has 0 N–H and O–H groups in total. The van der Waals surface area contributed by atoms with Gasteiger partial charge in [0.05, 0.1) is 16.9 Å². The maximum atomic E-state index is 14.3. The fourth-order valence-corrected chi connectivity index (χ4v) is 4.98. The molecular weight excluding hydrogens is 493 g/mol. The molecule has 0 saturated carbocycles. The molecule has 0 bridgehead atoms. The number of aromatic nitrogens is 5. The molecule has 5 rings (SSSR count). The van der Waals surface area contributed by atoms with Crippen LogP contribution in [0.25, 0.3) is 5.69 Å². The van der Waals surface area contributed by atoms with Gasteiger partial charge in [-0.2, -0.15) is 18.3 Å². The first kappa shape index (κ1) is 24.1. The van der Waals surface area contributed by atoms with Crippen molar-refractivity contribution in [1.29, 1.82) is 0 Å². The number of benzene rings is 2. The number of nitrogens with zero attached hydrogens (tertiary/aromatic N) is 6. The van der Waals surface area contributed by atoms with E-state index in [1.54, 1.807) is 23.9 Å². The van der Waals surface area contributed by atoms with Crippen LogP contribution in [0.1, 0.15) is 50.0 Å². The van der Waals surface area contributed by atoms with Crippen LogP contribution in [0.5, 0.6) is 0 Å². The Morgan fingerprint density at radius 1 is 1.11 bits per heavy atom. The van der Waals surface area contributed by atoms with Crippen LogP contribution < -0.4 is 0 Å². The van der Waals surface area contributed by atoms with E-state index in [0.29, 0.717) is 4.68 Å². The Labute approximate surface area is 210 Å². The largest absolute Gasteiger partial charge is 0.435 e. The SMILES string of the molecule is Cc1ccc(-n2nnc(C(=O)N3Cc4ccccc4C(c4cnn(C)c4C)C3)c2C(F)(F)F)c(Cl)c1. The van der Waals surface area contributed by atoms with E-state index in [1.807, 2.05) is 38.2 Å². The van der Waals surface area contributed by atoms with E-state index in [2.05, 4.69) is 15.4 Å². The molecule has 0 spiro atoms. The molecule has 11 heteroatoms. The van der Waals surface area contributed by atoms with E-state index >= 15 is 0 Å². The number of halogens is 4. The molecular formula is C25H22ClF3N6O. The minimum atomic E-state index is -4.89. The minimum Gasteiger partial charge on any atom is -0.332 e. The van der Waals surface area contributed by atoms with Crippen molar-refractivity contribution in [2.24, 2.45) is 7.05 Å². The Morgan fingerprint density at radius 3 is 2.53 bits per heavy atom. The van der Waals surface area contributed by atoms with Gasteiger partial charge in [0, 0.05) is 37.3 Å². The third kappa shape index (κ3) is 4.05. The third-order valence-corrected chi connectivity index (χ3v) is 6.91. The molecule has 0 fully saturated rings. The summed E-state index contributed by atoms with van der Waals surface area (Å²) in [5, 5.41) is 11.8. The van der Waals surface area contributed by atoms with Crippen molar-refractivity contribution >= 4 is 17.5 Å². The van der Waals surface area contributed by atoms with Crippen LogP contribution >= 0.6 is 11.6 Å². The molecule has 1 unspecified atom stereocenters. The second kappa shape index (κ2) is 8.77. The predicted molar refractivity (Wildman–Crippen MR) is 127 cm³/mol. The van der Waals surface area contributed by atoms with Crippen LogP contribution in [0.3, 0.4) is 0 Å². The average molecular weight is 515 g/mol. The van der Waals surface area contributed by atoms with E-state index in [-0.39, 0.29) is 29.7 Å². The van der Waals surface area contributed by atoms with Crippen molar-refractivity contribution < 1.29 is 18.0 Å². The fourth-order valence-electron chi connectivity index (χ4n) is 4.67. The van der Waals surface area contributed by atoms with Gasteiger partial charge in [0.1, 0.15) is 0 Å². The smallest absolute Gasteiger partial charge is 0.332 e. The topological polar surface area (TPSA) is 68.8 Å². The van der Waals surface area contributed by atoms with E-state index in [9.17, 15) is 18.0 Å². The number of aryl methyl sites for hydroxylation is 2. The summed E-state index contributed by atoms with van der Waals surface area (Å²) in [4.78, 5) is 15.0. The second-order valence-corrected chi connectivity index (χ2v) is 9.30. The monoisotopic (exact) mass is 514 g/mol. The highest BCUT2D eigenvalue weighted by Gasteiger charge is 2.44. The number of fused-ring (bicyclic) bond motifs is 1. The molecule has 0 saturated heterocycles. The summed E-state index contributed by atoms with van der Waals surface area (Å²) in [5.41, 5.74) is 2.45. The van der Waals surface area contributed by atoms with Gasteiger partial charge in [-0.1, -0.05) is 47.1 Å². The van der Waals surface area contributed by atoms with Crippen molar-refractivity contribution in [2.75, 3.05) is 6.54 Å². The van der Waals surface area contributed by atoms with Crippen molar-refractivity contribution in [3.05, 3.63) is 93.0 Å². The predicted octanol–water partition coefficient (Wildman–Crippen LogP) is 5.08. The van der Waals surface area contributed by atoms with E-state index in [0.717, 1.165) is 27.9 Å². The maximum absolute atomic E-state index is 14.3. The Balaban J connectivity index is 1.58. The lowest BCUT2D eigenvalue weighted by molar-refractivity contribution is -0.143. The molecule has 4 aromatic rings. The summed E-state index contributed by atoms with van der Waals surface area (Å²) in [6, 6.07) is 12.2. The van der Waals surface area contributed by atoms with Crippen LogP contribution in [0, 0.1) is 13.8 Å². The number of alkyl halides is 3. The summed E-state index contributed by atoms with van der Waals surface area (Å²) in [5.74, 6) is -1.10. The quantitative estimate of drug-likeness (QED) is 0.382.